The van der Waals surface area contributed by atoms with Crippen LogP contribution in [0.4, 0.5) is 0 Å². The second-order valence-corrected chi connectivity index (χ2v) is 8.74. The molecule has 1 aromatic carbocycles. The molecular weight excluding hydrogens is 302 g/mol. The number of ether oxygens (including phenoxy) is 1. The summed E-state index contributed by atoms with van der Waals surface area (Å²) >= 11 is 0. The standard InChI is InChI=1S/C12H17NO5S2/c1-18-11-4-2-3-5-12(11)20(16,17)13-8-10-6-7-19(14,15)9-10/h2-5,10,13H,6-9H2,1H3/t10-/m1/s1. The van der Waals surface area contributed by atoms with Gasteiger partial charge in [0.25, 0.3) is 0 Å². The average Bonchev–Trinajstić information content (AvgIpc) is 2.76. The lowest BCUT2D eigenvalue weighted by molar-refractivity contribution is 0.402. The van der Waals surface area contributed by atoms with Gasteiger partial charge < -0.3 is 4.74 Å². The lowest BCUT2D eigenvalue weighted by atomic mass is 10.1. The van der Waals surface area contributed by atoms with Gasteiger partial charge in [0.15, 0.2) is 9.84 Å². The monoisotopic (exact) mass is 319 g/mol. The van der Waals surface area contributed by atoms with Gasteiger partial charge in [-0.1, -0.05) is 12.1 Å². The summed E-state index contributed by atoms with van der Waals surface area (Å²) in [6.07, 6.45) is 0.497. The summed E-state index contributed by atoms with van der Waals surface area (Å²) in [7, 11) is -5.30. The molecule has 1 saturated heterocycles. The first kappa shape index (κ1) is 15.3. The Morgan fingerprint density at radius 3 is 2.65 bits per heavy atom. The van der Waals surface area contributed by atoms with Gasteiger partial charge in [-0.15, -0.1) is 0 Å². The molecule has 0 saturated carbocycles. The molecule has 0 amide bonds. The van der Waals surface area contributed by atoms with Gasteiger partial charge in [0.1, 0.15) is 10.6 Å². The van der Waals surface area contributed by atoms with Gasteiger partial charge in [-0.2, -0.15) is 0 Å². The molecule has 1 heterocycles. The van der Waals surface area contributed by atoms with Crippen molar-refractivity contribution < 1.29 is 21.6 Å². The van der Waals surface area contributed by atoms with E-state index in [9.17, 15) is 16.8 Å². The lowest BCUT2D eigenvalue weighted by Gasteiger charge is -2.12. The number of para-hydroxylation sites is 1. The molecule has 8 heteroatoms. The Morgan fingerprint density at radius 1 is 1.35 bits per heavy atom. The summed E-state index contributed by atoms with van der Waals surface area (Å²) in [4.78, 5) is 0.0587. The van der Waals surface area contributed by atoms with Crippen LogP contribution in [0.5, 0.6) is 5.75 Å². The molecule has 0 bridgehead atoms. The van der Waals surface area contributed by atoms with E-state index in [4.69, 9.17) is 4.74 Å². The minimum absolute atomic E-state index is 0.0431. The molecule has 1 aliphatic heterocycles. The molecule has 1 fully saturated rings. The predicted molar refractivity (Wildman–Crippen MR) is 74.9 cm³/mol. The number of rotatable bonds is 5. The van der Waals surface area contributed by atoms with E-state index < -0.39 is 19.9 Å². The third-order valence-corrected chi connectivity index (χ3v) is 6.55. The van der Waals surface area contributed by atoms with E-state index in [0.717, 1.165) is 0 Å². The highest BCUT2D eigenvalue weighted by molar-refractivity contribution is 7.91. The molecule has 20 heavy (non-hydrogen) atoms. The molecule has 0 spiro atoms. The number of sulfone groups is 1. The van der Waals surface area contributed by atoms with Crippen LogP contribution in [-0.4, -0.2) is 42.0 Å². The molecule has 1 aliphatic rings. The first-order valence-electron chi connectivity index (χ1n) is 6.17. The fourth-order valence-corrected chi connectivity index (χ4v) is 5.33. The number of sulfonamides is 1. The van der Waals surface area contributed by atoms with Crippen molar-refractivity contribution in [1.82, 2.24) is 4.72 Å². The summed E-state index contributed by atoms with van der Waals surface area (Å²) in [6.45, 7) is 0.125. The highest BCUT2D eigenvalue weighted by Gasteiger charge is 2.29. The molecule has 0 aliphatic carbocycles. The molecule has 1 atom stereocenters. The van der Waals surface area contributed by atoms with E-state index in [-0.39, 0.29) is 34.6 Å². The molecule has 0 aromatic heterocycles. The van der Waals surface area contributed by atoms with Crippen molar-refractivity contribution in [3.63, 3.8) is 0 Å². The second-order valence-electron chi connectivity index (χ2n) is 4.77. The highest BCUT2D eigenvalue weighted by atomic mass is 32.2. The van der Waals surface area contributed by atoms with Crippen LogP contribution < -0.4 is 9.46 Å². The molecule has 6 nitrogen and oxygen atoms in total. The Balaban J connectivity index is 2.08. The molecule has 2 rings (SSSR count). The number of hydrogen-bond donors (Lipinski definition) is 1. The largest absolute Gasteiger partial charge is 0.495 e. The van der Waals surface area contributed by atoms with Crippen LogP contribution in [0.2, 0.25) is 0 Å². The van der Waals surface area contributed by atoms with E-state index in [1.807, 2.05) is 0 Å². The molecule has 1 aromatic rings. The third kappa shape index (κ3) is 3.50. The topological polar surface area (TPSA) is 89.5 Å². The average molecular weight is 319 g/mol. The van der Waals surface area contributed by atoms with E-state index in [0.29, 0.717) is 6.42 Å². The predicted octanol–water partition coefficient (Wildman–Crippen LogP) is 0.408. The molecule has 0 radical (unpaired) electrons. The third-order valence-electron chi connectivity index (χ3n) is 3.25. The van der Waals surface area contributed by atoms with Crippen molar-refractivity contribution in [1.29, 1.82) is 0 Å². The van der Waals surface area contributed by atoms with Crippen LogP contribution in [0, 0.1) is 5.92 Å². The summed E-state index contributed by atoms with van der Waals surface area (Å²) in [5.41, 5.74) is 0. The van der Waals surface area contributed by atoms with Crippen LogP contribution in [0.1, 0.15) is 6.42 Å². The first-order chi connectivity index (χ1) is 9.34. The van der Waals surface area contributed by atoms with Gasteiger partial charge in [0.2, 0.25) is 10.0 Å². The Hall–Kier alpha value is -1.12. The van der Waals surface area contributed by atoms with E-state index in [1.165, 1.54) is 13.2 Å². The van der Waals surface area contributed by atoms with Gasteiger partial charge in [0, 0.05) is 6.54 Å². The van der Waals surface area contributed by atoms with Crippen molar-refractivity contribution in [2.24, 2.45) is 5.92 Å². The Morgan fingerprint density at radius 2 is 2.05 bits per heavy atom. The zero-order chi connectivity index (χ0) is 14.8. The second kappa shape index (κ2) is 5.71. The molecule has 112 valence electrons. The summed E-state index contributed by atoms with van der Waals surface area (Å²) < 4.78 is 54.5. The minimum atomic E-state index is -3.70. The van der Waals surface area contributed by atoms with Crippen molar-refractivity contribution in [3.05, 3.63) is 24.3 Å². The van der Waals surface area contributed by atoms with E-state index >= 15 is 0 Å². The smallest absolute Gasteiger partial charge is 0.244 e. The van der Waals surface area contributed by atoms with Crippen molar-refractivity contribution in [2.75, 3.05) is 25.2 Å². The van der Waals surface area contributed by atoms with E-state index in [2.05, 4.69) is 4.72 Å². The maximum Gasteiger partial charge on any atom is 0.244 e. The summed E-state index contributed by atoms with van der Waals surface area (Å²) in [5.74, 6) is 0.277. The zero-order valence-electron chi connectivity index (χ0n) is 11.1. The van der Waals surface area contributed by atoms with Crippen LogP contribution in [-0.2, 0) is 19.9 Å². The summed E-state index contributed by atoms with van der Waals surface area (Å²) in [5, 5.41) is 0. The molecule has 1 N–H and O–H groups in total. The maximum absolute atomic E-state index is 12.2. The van der Waals surface area contributed by atoms with Gasteiger partial charge >= 0.3 is 0 Å². The Labute approximate surface area is 119 Å². The Kier molecular flexibility index (Phi) is 4.36. The zero-order valence-corrected chi connectivity index (χ0v) is 12.7. The van der Waals surface area contributed by atoms with Crippen LogP contribution >= 0.6 is 0 Å². The Bertz CT molecular complexity index is 682. The van der Waals surface area contributed by atoms with Crippen LogP contribution in [0.3, 0.4) is 0 Å². The highest BCUT2D eigenvalue weighted by Crippen LogP contribution is 2.23. The van der Waals surface area contributed by atoms with Gasteiger partial charge in [0.05, 0.1) is 18.6 Å². The molecular formula is C12H17NO5S2. The number of nitrogens with one attached hydrogen (secondary N) is 1. The number of methoxy groups -OCH3 is 1. The fourth-order valence-electron chi connectivity index (χ4n) is 2.18. The minimum Gasteiger partial charge on any atom is -0.495 e. The first-order valence-corrected chi connectivity index (χ1v) is 9.47. The van der Waals surface area contributed by atoms with Crippen molar-refractivity contribution in [3.8, 4) is 5.75 Å². The van der Waals surface area contributed by atoms with Gasteiger partial charge in [-0.3, -0.25) is 0 Å². The van der Waals surface area contributed by atoms with E-state index in [1.54, 1.807) is 18.2 Å². The summed E-state index contributed by atoms with van der Waals surface area (Å²) in [6, 6.07) is 6.31. The fraction of sp³-hybridized carbons (Fsp3) is 0.500. The van der Waals surface area contributed by atoms with Crippen molar-refractivity contribution >= 4 is 19.9 Å². The maximum atomic E-state index is 12.2. The van der Waals surface area contributed by atoms with Crippen LogP contribution in [0.25, 0.3) is 0 Å². The number of benzene rings is 1. The molecule has 0 unspecified atom stereocenters. The van der Waals surface area contributed by atoms with Gasteiger partial charge in [-0.25, -0.2) is 21.6 Å². The van der Waals surface area contributed by atoms with Gasteiger partial charge in [-0.05, 0) is 24.5 Å². The lowest BCUT2D eigenvalue weighted by Crippen LogP contribution is -2.30. The number of hydrogen-bond acceptors (Lipinski definition) is 5. The van der Waals surface area contributed by atoms with Crippen molar-refractivity contribution in [2.45, 2.75) is 11.3 Å². The normalized spacial score (nSPS) is 21.8. The quantitative estimate of drug-likeness (QED) is 0.849. The van der Waals surface area contributed by atoms with Crippen LogP contribution in [0.15, 0.2) is 29.2 Å². The SMILES string of the molecule is COc1ccccc1S(=O)(=O)NC[C@H]1CCS(=O)(=O)C1.